The smallest absolute Gasteiger partial charge is 0.318 e. The van der Waals surface area contributed by atoms with Gasteiger partial charge in [-0.25, -0.2) is 6.57 Å². The molecule has 3 aromatic rings. The Morgan fingerprint density at radius 3 is 2.00 bits per heavy atom. The number of nitrogens with zero attached hydrogens (tertiary/aromatic N) is 11. The van der Waals surface area contributed by atoms with Crippen LogP contribution in [-0.2, 0) is 36.9 Å². The van der Waals surface area contributed by atoms with Gasteiger partial charge in [0.1, 0.15) is 18.5 Å². The minimum absolute atomic E-state index is 0. The second kappa shape index (κ2) is 30.3. The number of unbranched alkanes of at least 4 members (excludes halogenated alkanes) is 3. The number of piperazine rings is 1. The van der Waals surface area contributed by atoms with Crippen molar-refractivity contribution in [2.75, 3.05) is 147 Å². The molecule has 0 spiro atoms. The van der Waals surface area contributed by atoms with Gasteiger partial charge in [-0.3, -0.25) is 48.5 Å². The summed E-state index contributed by atoms with van der Waals surface area (Å²) in [5, 5.41) is 34.3. The van der Waals surface area contributed by atoms with E-state index in [1.54, 1.807) is 19.6 Å². The van der Waals surface area contributed by atoms with Crippen molar-refractivity contribution in [1.29, 1.82) is 0 Å². The molecule has 0 unspecified atom stereocenters. The number of hydrogen-bond donors (Lipinski definition) is 4. The minimum Gasteiger partial charge on any atom is -0.480 e. The van der Waals surface area contributed by atoms with E-state index in [0.717, 1.165) is 91.7 Å². The van der Waals surface area contributed by atoms with Crippen LogP contribution in [0.5, 0.6) is 6.01 Å². The zero-order valence-corrected chi connectivity index (χ0v) is 45.7. The number of aliphatic carboxylic acids is 3. The Hall–Kier alpha value is -4.92. The van der Waals surface area contributed by atoms with Crippen LogP contribution in [0.1, 0.15) is 49.8 Å². The zero-order valence-electron chi connectivity index (χ0n) is 43.3. The largest absolute Gasteiger partial charge is 0.480 e. The number of fused-ring (bicyclic) bond motifs is 2. The van der Waals surface area contributed by atoms with Crippen molar-refractivity contribution >= 4 is 63.6 Å². The van der Waals surface area contributed by atoms with Crippen LogP contribution in [0.25, 0.3) is 15.6 Å². The first-order valence-corrected chi connectivity index (χ1v) is 26.7. The number of nitrogens with one attached hydrogen (secondary N) is 1. The zero-order chi connectivity index (χ0) is 53.3. The van der Waals surface area contributed by atoms with Crippen LogP contribution in [0.15, 0.2) is 49.1 Å². The van der Waals surface area contributed by atoms with Crippen LogP contribution >= 0.6 is 11.6 Å². The number of amides is 2. The Labute approximate surface area is 479 Å². The number of halogens is 1. The Kier molecular flexibility index (Phi) is 24.0. The van der Waals surface area contributed by atoms with Gasteiger partial charge in [-0.05, 0) is 68.8 Å². The fourth-order valence-electron chi connectivity index (χ4n) is 10.8. The van der Waals surface area contributed by atoms with Gasteiger partial charge in [0.15, 0.2) is 0 Å². The number of carbonyl (C=O) groups excluding carboxylic acids is 2. The maximum atomic E-state index is 13.2. The van der Waals surface area contributed by atoms with Crippen molar-refractivity contribution in [1.82, 2.24) is 44.7 Å². The SMILES string of the molecule is [C-]#[N+]C[C@H]1CN(c2nc(OC[C@@H]3CCCN3CCCCCCNC(=O)CN3CCN(CC(=O)O)CCN(CC(=O)O)CCN(CC(=O)O)CC3)nc3c2CCN(c2cccc4cccc(Cl)c24)C3)CCN1C(=O)C=C.[Lu]. The third kappa shape index (κ3) is 17.5. The summed E-state index contributed by atoms with van der Waals surface area (Å²) >= 11 is 6.80. The van der Waals surface area contributed by atoms with Crippen LogP contribution in [0.3, 0.4) is 0 Å². The summed E-state index contributed by atoms with van der Waals surface area (Å²) in [6.07, 6.45) is 7.79. The van der Waals surface area contributed by atoms with E-state index in [-0.39, 0.29) is 93.5 Å². The number of carbonyl (C=O) groups is 5. The third-order valence-corrected chi connectivity index (χ3v) is 15.0. The van der Waals surface area contributed by atoms with Crippen molar-refractivity contribution in [2.45, 2.75) is 63.6 Å². The van der Waals surface area contributed by atoms with Gasteiger partial charge in [-0.1, -0.05) is 55.3 Å². The number of rotatable bonds is 22. The summed E-state index contributed by atoms with van der Waals surface area (Å²) in [7, 11) is 0. The average Bonchev–Trinajstić information content (AvgIpc) is 3.85. The molecule has 23 heteroatoms. The standard InChI is InChI=1S/C53H73ClN12O9.Lu/c1-3-47(68)66-30-29-65(32-41(66)31-55-2)52-42-16-20-64(45-15-9-12-39-11-8-14-43(54)51(39)45)33-44(42)57-53(58-52)75-38-40-13-10-19-63(40)18-7-5-4-6-17-56-46(67)34-59-21-23-60(35-48(69)70)25-27-62(37-50(73)74)28-26-61(24-22-59)36-49(71)72;/h3,8-9,11-12,14-15,40-41H,1,4-7,10,13,16-38H2,(H,56,67)(H,69,70)(H,71,72)(H,73,74);/t40-,41-;/m0./s1. The fourth-order valence-corrected chi connectivity index (χ4v) is 11.1. The Morgan fingerprint density at radius 1 is 0.763 bits per heavy atom. The normalized spacial score (nSPS) is 19.7. The molecule has 0 aliphatic carbocycles. The van der Waals surface area contributed by atoms with Crippen LogP contribution < -0.4 is 19.9 Å². The molecule has 2 amide bonds. The summed E-state index contributed by atoms with van der Waals surface area (Å²) in [5.41, 5.74) is 2.97. The van der Waals surface area contributed by atoms with Gasteiger partial charge < -0.3 is 44.9 Å². The van der Waals surface area contributed by atoms with E-state index in [0.29, 0.717) is 109 Å². The van der Waals surface area contributed by atoms with Crippen LogP contribution in [0, 0.1) is 43.4 Å². The van der Waals surface area contributed by atoms with Gasteiger partial charge in [0, 0.05) is 145 Å². The molecule has 0 bridgehead atoms. The van der Waals surface area contributed by atoms with Crippen molar-refractivity contribution in [2.24, 2.45) is 0 Å². The Bertz CT molecular complexity index is 2480. The maximum absolute atomic E-state index is 13.2. The molecule has 4 aliphatic rings. The summed E-state index contributed by atoms with van der Waals surface area (Å²) in [6, 6.07) is 12.4. The molecule has 2 aromatic carbocycles. The number of benzene rings is 2. The van der Waals surface area contributed by atoms with Gasteiger partial charge in [-0.15, -0.1) is 0 Å². The molecule has 421 valence electrons. The van der Waals surface area contributed by atoms with E-state index >= 15 is 0 Å². The average molecular weight is 1230 g/mol. The predicted molar refractivity (Wildman–Crippen MR) is 285 cm³/mol. The monoisotopic (exact) mass is 1230 g/mol. The molecule has 3 fully saturated rings. The molecule has 0 saturated carbocycles. The molecule has 2 atom stereocenters. The van der Waals surface area contributed by atoms with E-state index in [2.05, 4.69) is 55.7 Å². The van der Waals surface area contributed by atoms with E-state index in [9.17, 15) is 39.3 Å². The molecule has 5 heterocycles. The number of aromatic nitrogens is 2. The van der Waals surface area contributed by atoms with Crippen molar-refractivity contribution in [3.8, 4) is 6.01 Å². The minimum atomic E-state index is -1.01. The molecular weight excluding hydrogens is 1160 g/mol. The summed E-state index contributed by atoms with van der Waals surface area (Å²) < 4.78 is 6.56. The topological polar surface area (TPSA) is 223 Å². The molecule has 1 aromatic heterocycles. The number of ether oxygens (including phenoxy) is 1. The first-order valence-electron chi connectivity index (χ1n) is 26.3. The second-order valence-corrected chi connectivity index (χ2v) is 20.3. The van der Waals surface area contributed by atoms with Crippen molar-refractivity contribution in [3.63, 3.8) is 0 Å². The van der Waals surface area contributed by atoms with Gasteiger partial charge in [0.25, 0.3) is 0 Å². The molecule has 21 nitrogen and oxygen atoms in total. The molecule has 76 heavy (non-hydrogen) atoms. The summed E-state index contributed by atoms with van der Waals surface area (Å²) in [4.78, 5) is 90.5. The number of likely N-dealkylation sites (tertiary alicyclic amines) is 1. The molecular formula is C53H73ClLuN12O9. The molecule has 4 aliphatic heterocycles. The number of anilines is 2. The van der Waals surface area contributed by atoms with E-state index in [1.165, 1.54) is 6.08 Å². The molecule has 4 N–H and O–H groups in total. The molecule has 1 radical (unpaired) electrons. The number of carboxylic acids is 3. The van der Waals surface area contributed by atoms with Crippen molar-refractivity contribution < 1.29 is 80.9 Å². The maximum Gasteiger partial charge on any atom is 0.318 e. The van der Waals surface area contributed by atoms with E-state index in [4.69, 9.17) is 32.9 Å². The number of hydrogen-bond acceptors (Lipinski definition) is 15. The Balaban J connectivity index is 0.00000937. The molecule has 3 saturated heterocycles. The quantitative estimate of drug-likeness (QED) is 0.0645. The van der Waals surface area contributed by atoms with Gasteiger partial charge in [-0.2, -0.15) is 9.97 Å². The Morgan fingerprint density at radius 2 is 1.38 bits per heavy atom. The van der Waals surface area contributed by atoms with Crippen molar-refractivity contribution in [3.05, 3.63) is 76.8 Å². The number of carboxylic acid groups (broad SMARTS) is 3. The fraction of sp³-hybridized carbons (Fsp3) is 0.585. The summed E-state index contributed by atoms with van der Waals surface area (Å²) in [6.45, 7) is 19.2. The van der Waals surface area contributed by atoms with E-state index < -0.39 is 17.9 Å². The van der Waals surface area contributed by atoms with Gasteiger partial charge in [0.2, 0.25) is 18.4 Å². The van der Waals surface area contributed by atoms with Gasteiger partial charge in [0.05, 0.1) is 43.4 Å². The van der Waals surface area contributed by atoms with Crippen LogP contribution in [0.4, 0.5) is 11.5 Å². The first kappa shape index (κ1) is 60.3. The van der Waals surface area contributed by atoms with Crippen LogP contribution in [-0.4, -0.2) is 234 Å². The third-order valence-electron chi connectivity index (χ3n) is 14.7. The van der Waals surface area contributed by atoms with Gasteiger partial charge >= 0.3 is 23.9 Å². The predicted octanol–water partition coefficient (Wildman–Crippen LogP) is 2.96. The first-order chi connectivity index (χ1) is 36.3. The second-order valence-electron chi connectivity index (χ2n) is 19.9. The molecule has 7 rings (SSSR count). The summed E-state index contributed by atoms with van der Waals surface area (Å²) in [5.74, 6) is -2.55. The van der Waals surface area contributed by atoms with Crippen LogP contribution in [0.2, 0.25) is 5.02 Å². The van der Waals surface area contributed by atoms with E-state index in [1.807, 2.05) is 17.0 Å².